The van der Waals surface area contributed by atoms with Gasteiger partial charge in [-0.2, -0.15) is 5.10 Å². The number of nitrogens with one attached hydrogen (secondary N) is 1. The fourth-order valence-electron chi connectivity index (χ4n) is 2.62. The van der Waals surface area contributed by atoms with E-state index in [2.05, 4.69) is 20.4 Å². The average Bonchev–Trinajstić information content (AvgIpc) is 3.09. The predicted octanol–water partition coefficient (Wildman–Crippen LogP) is 3.80. The third-order valence-electron chi connectivity index (χ3n) is 3.96. The van der Waals surface area contributed by atoms with E-state index in [-0.39, 0.29) is 11.7 Å². The van der Waals surface area contributed by atoms with E-state index in [1.54, 1.807) is 6.20 Å². The monoisotopic (exact) mass is 397 g/mol. The van der Waals surface area contributed by atoms with Gasteiger partial charge >= 0.3 is 0 Å². The van der Waals surface area contributed by atoms with Crippen LogP contribution in [0.25, 0.3) is 11.3 Å². The number of anilines is 1. The van der Waals surface area contributed by atoms with Crippen molar-refractivity contribution in [1.29, 1.82) is 0 Å². The molecule has 0 saturated heterocycles. The molecule has 3 rings (SSSR count). The van der Waals surface area contributed by atoms with Crippen molar-refractivity contribution < 1.29 is 9.53 Å². The van der Waals surface area contributed by atoms with Gasteiger partial charge in [-0.05, 0) is 51.1 Å². The lowest BCUT2D eigenvalue weighted by molar-refractivity contribution is -0.113. The fraction of sp³-hybridized carbons (Fsp3) is 0.300. The van der Waals surface area contributed by atoms with Gasteiger partial charge in [-0.3, -0.25) is 9.48 Å². The van der Waals surface area contributed by atoms with Crippen molar-refractivity contribution in [3.8, 4) is 17.0 Å². The van der Waals surface area contributed by atoms with Crippen molar-refractivity contribution >= 4 is 23.4 Å². The molecule has 8 heteroatoms. The van der Waals surface area contributed by atoms with Crippen LogP contribution in [0.1, 0.15) is 19.5 Å². The second kappa shape index (κ2) is 9.36. The van der Waals surface area contributed by atoms with Crippen LogP contribution in [0, 0.1) is 6.92 Å². The van der Waals surface area contributed by atoms with E-state index in [1.165, 1.54) is 11.8 Å². The Morgan fingerprint density at radius 3 is 2.68 bits per heavy atom. The number of hydrogen-bond acceptors (Lipinski definition) is 6. The maximum absolute atomic E-state index is 12.2. The summed E-state index contributed by atoms with van der Waals surface area (Å²) in [5.74, 6) is 0.893. The molecular weight excluding hydrogens is 374 g/mol. The van der Waals surface area contributed by atoms with Crippen LogP contribution in [-0.2, 0) is 11.3 Å². The quantitative estimate of drug-likeness (QED) is 0.460. The summed E-state index contributed by atoms with van der Waals surface area (Å²) in [6, 6.07) is 9.15. The van der Waals surface area contributed by atoms with E-state index in [4.69, 9.17) is 4.74 Å². The standard InChI is InChI=1S/C20H23N5O2S/c1-4-25-12-17(14(3)24-25)18-10-11-21-20(23-18)28-13-19(26)22-15-6-8-16(9-7-15)27-5-2/h6-12H,4-5,13H2,1-3H3,(H,22,26). The Balaban J connectivity index is 1.59. The maximum atomic E-state index is 12.2. The molecule has 0 bridgehead atoms. The molecule has 0 unspecified atom stereocenters. The zero-order valence-corrected chi connectivity index (χ0v) is 17.0. The van der Waals surface area contributed by atoms with Crippen molar-refractivity contribution in [2.24, 2.45) is 0 Å². The van der Waals surface area contributed by atoms with Crippen molar-refractivity contribution in [2.75, 3.05) is 17.7 Å². The SMILES string of the molecule is CCOc1ccc(NC(=O)CSc2nccc(-c3cn(CC)nc3C)n2)cc1. The van der Waals surface area contributed by atoms with Crippen LogP contribution in [0.2, 0.25) is 0 Å². The Kier molecular flexibility index (Phi) is 6.65. The Labute approximate surface area is 168 Å². The Morgan fingerprint density at radius 2 is 2.00 bits per heavy atom. The van der Waals surface area contributed by atoms with Crippen molar-refractivity contribution in [3.05, 3.63) is 48.4 Å². The Hall–Kier alpha value is -2.87. The molecule has 2 heterocycles. The number of ether oxygens (including phenoxy) is 1. The van der Waals surface area contributed by atoms with Gasteiger partial charge in [0.1, 0.15) is 5.75 Å². The minimum atomic E-state index is -0.113. The number of aryl methyl sites for hydroxylation is 2. The van der Waals surface area contributed by atoms with E-state index >= 15 is 0 Å². The highest BCUT2D eigenvalue weighted by Crippen LogP contribution is 2.23. The third-order valence-corrected chi connectivity index (χ3v) is 4.82. The third kappa shape index (κ3) is 5.10. The van der Waals surface area contributed by atoms with Crippen molar-refractivity contribution in [1.82, 2.24) is 19.7 Å². The van der Waals surface area contributed by atoms with Gasteiger partial charge in [0.25, 0.3) is 0 Å². The highest BCUT2D eigenvalue weighted by Gasteiger charge is 2.11. The smallest absolute Gasteiger partial charge is 0.234 e. The van der Waals surface area contributed by atoms with Crippen LogP contribution in [0.5, 0.6) is 5.75 Å². The molecule has 146 valence electrons. The molecule has 1 N–H and O–H groups in total. The van der Waals surface area contributed by atoms with Gasteiger partial charge in [-0.25, -0.2) is 9.97 Å². The summed E-state index contributed by atoms with van der Waals surface area (Å²) in [6.45, 7) is 7.35. The minimum absolute atomic E-state index is 0.113. The first-order valence-corrected chi connectivity index (χ1v) is 10.1. The van der Waals surface area contributed by atoms with Gasteiger partial charge in [0.05, 0.1) is 23.7 Å². The molecule has 0 aliphatic rings. The number of hydrogen-bond donors (Lipinski definition) is 1. The highest BCUT2D eigenvalue weighted by molar-refractivity contribution is 7.99. The number of carbonyl (C=O) groups is 1. The first kappa shape index (κ1) is 19.9. The summed E-state index contributed by atoms with van der Waals surface area (Å²) in [4.78, 5) is 21.0. The number of rotatable bonds is 8. The molecule has 0 fully saturated rings. The van der Waals surface area contributed by atoms with E-state index in [9.17, 15) is 4.79 Å². The van der Waals surface area contributed by atoms with E-state index in [0.29, 0.717) is 11.8 Å². The molecule has 0 radical (unpaired) electrons. The molecule has 1 amide bonds. The van der Waals surface area contributed by atoms with E-state index < -0.39 is 0 Å². The molecule has 28 heavy (non-hydrogen) atoms. The van der Waals surface area contributed by atoms with Gasteiger partial charge in [0, 0.05) is 30.2 Å². The number of amides is 1. The molecule has 0 atom stereocenters. The first-order valence-electron chi connectivity index (χ1n) is 9.12. The van der Waals surface area contributed by atoms with E-state index in [1.807, 2.05) is 62.0 Å². The van der Waals surface area contributed by atoms with Gasteiger partial charge in [0.2, 0.25) is 5.91 Å². The van der Waals surface area contributed by atoms with Crippen LogP contribution in [0.15, 0.2) is 47.9 Å². The molecule has 1 aromatic carbocycles. The first-order chi connectivity index (χ1) is 13.6. The highest BCUT2D eigenvalue weighted by atomic mass is 32.2. The van der Waals surface area contributed by atoms with Crippen LogP contribution in [0.4, 0.5) is 5.69 Å². The van der Waals surface area contributed by atoms with Gasteiger partial charge < -0.3 is 10.1 Å². The molecule has 0 saturated carbocycles. The number of benzene rings is 1. The number of aromatic nitrogens is 4. The zero-order chi connectivity index (χ0) is 19.9. The molecule has 7 nitrogen and oxygen atoms in total. The zero-order valence-electron chi connectivity index (χ0n) is 16.2. The number of thioether (sulfide) groups is 1. The lowest BCUT2D eigenvalue weighted by Gasteiger charge is -2.07. The Bertz CT molecular complexity index is 940. The number of nitrogens with zero attached hydrogens (tertiary/aromatic N) is 4. The van der Waals surface area contributed by atoms with Crippen LogP contribution in [-0.4, -0.2) is 38.0 Å². The van der Waals surface area contributed by atoms with Gasteiger partial charge in [0.15, 0.2) is 5.16 Å². The topological polar surface area (TPSA) is 81.9 Å². The lowest BCUT2D eigenvalue weighted by Crippen LogP contribution is -2.14. The maximum Gasteiger partial charge on any atom is 0.234 e. The van der Waals surface area contributed by atoms with Gasteiger partial charge in [-0.1, -0.05) is 11.8 Å². The summed E-state index contributed by atoms with van der Waals surface area (Å²) in [5, 5.41) is 7.87. The minimum Gasteiger partial charge on any atom is -0.494 e. The molecule has 2 aromatic heterocycles. The second-order valence-electron chi connectivity index (χ2n) is 6.00. The van der Waals surface area contributed by atoms with Crippen LogP contribution >= 0.6 is 11.8 Å². The average molecular weight is 398 g/mol. The second-order valence-corrected chi connectivity index (χ2v) is 6.95. The lowest BCUT2D eigenvalue weighted by atomic mass is 10.2. The summed E-state index contributed by atoms with van der Waals surface area (Å²) >= 11 is 1.30. The van der Waals surface area contributed by atoms with Crippen LogP contribution in [0.3, 0.4) is 0 Å². The summed E-state index contributed by atoms with van der Waals surface area (Å²) in [6.07, 6.45) is 3.68. The molecule has 0 aliphatic carbocycles. The molecular formula is C20H23N5O2S. The summed E-state index contributed by atoms with van der Waals surface area (Å²) in [7, 11) is 0. The Morgan fingerprint density at radius 1 is 1.21 bits per heavy atom. The van der Waals surface area contributed by atoms with Crippen molar-refractivity contribution in [2.45, 2.75) is 32.5 Å². The predicted molar refractivity (Wildman–Crippen MR) is 111 cm³/mol. The van der Waals surface area contributed by atoms with Crippen molar-refractivity contribution in [3.63, 3.8) is 0 Å². The largest absolute Gasteiger partial charge is 0.494 e. The molecule has 3 aromatic rings. The van der Waals surface area contributed by atoms with Crippen LogP contribution < -0.4 is 10.1 Å². The summed E-state index contributed by atoms with van der Waals surface area (Å²) < 4.78 is 7.28. The summed E-state index contributed by atoms with van der Waals surface area (Å²) in [5.41, 5.74) is 3.43. The molecule has 0 aliphatic heterocycles. The number of carbonyl (C=O) groups excluding carboxylic acids is 1. The molecule has 0 spiro atoms. The fourth-order valence-corrected chi connectivity index (χ4v) is 3.25. The van der Waals surface area contributed by atoms with E-state index in [0.717, 1.165) is 34.9 Å². The normalized spacial score (nSPS) is 10.7. The van der Waals surface area contributed by atoms with Gasteiger partial charge in [-0.15, -0.1) is 0 Å².